The van der Waals surface area contributed by atoms with Crippen LogP contribution in [0.1, 0.15) is 52.8 Å². The molecule has 0 aliphatic rings. The molecule has 0 bridgehead atoms. The van der Waals surface area contributed by atoms with Crippen LogP contribution in [0.25, 0.3) is 6.08 Å². The molecule has 32 heavy (non-hydrogen) atoms. The predicted octanol–water partition coefficient (Wildman–Crippen LogP) is 4.30. The lowest BCUT2D eigenvalue weighted by atomic mass is 9.87. The smallest absolute Gasteiger partial charge is 0.269 e. The molecule has 1 aromatic heterocycles. The largest absolute Gasteiger partial charge is 0.465 e. The van der Waals surface area contributed by atoms with Gasteiger partial charge >= 0.3 is 0 Å². The Labute approximate surface area is 186 Å². The summed E-state index contributed by atoms with van der Waals surface area (Å²) in [7, 11) is 0. The Bertz CT molecular complexity index is 1110. The number of anilines is 1. The summed E-state index contributed by atoms with van der Waals surface area (Å²) in [5.41, 5.74) is 7.20. The molecule has 0 saturated carbocycles. The Morgan fingerprint density at radius 2 is 1.44 bits per heavy atom. The second-order valence-corrected chi connectivity index (χ2v) is 8.15. The van der Waals surface area contributed by atoms with E-state index in [9.17, 15) is 14.4 Å². The summed E-state index contributed by atoms with van der Waals surface area (Å²) in [5, 5.41) is 2.80. The molecule has 3 aromatic rings. The van der Waals surface area contributed by atoms with Gasteiger partial charge in [-0.15, -0.1) is 0 Å². The van der Waals surface area contributed by atoms with Crippen LogP contribution in [0.4, 0.5) is 5.69 Å². The topological polar surface area (TPSA) is 100 Å². The second-order valence-electron chi connectivity index (χ2n) is 8.15. The summed E-state index contributed by atoms with van der Waals surface area (Å²) < 4.78 is 5.08. The fourth-order valence-electron chi connectivity index (χ4n) is 2.81. The zero-order valence-corrected chi connectivity index (χ0v) is 18.1. The van der Waals surface area contributed by atoms with Gasteiger partial charge in [-0.2, -0.15) is 0 Å². The second kappa shape index (κ2) is 9.78. The van der Waals surface area contributed by atoms with Crippen molar-refractivity contribution < 1.29 is 18.8 Å². The molecule has 7 nitrogen and oxygen atoms in total. The van der Waals surface area contributed by atoms with Crippen LogP contribution in [0, 0.1) is 0 Å². The van der Waals surface area contributed by atoms with E-state index in [-0.39, 0.29) is 11.3 Å². The Hall–Kier alpha value is -4.13. The van der Waals surface area contributed by atoms with Crippen LogP contribution in [0.3, 0.4) is 0 Å². The first-order chi connectivity index (χ1) is 15.2. The maximum atomic E-state index is 12.5. The number of rotatable bonds is 5. The van der Waals surface area contributed by atoms with E-state index in [4.69, 9.17) is 4.42 Å². The van der Waals surface area contributed by atoms with Gasteiger partial charge in [0, 0.05) is 22.9 Å². The summed E-state index contributed by atoms with van der Waals surface area (Å²) in [6, 6.07) is 17.2. The minimum atomic E-state index is -0.504. The molecule has 0 spiro atoms. The van der Waals surface area contributed by atoms with Crippen LogP contribution in [0.2, 0.25) is 0 Å². The molecule has 164 valence electrons. The van der Waals surface area contributed by atoms with Crippen molar-refractivity contribution in [3.05, 3.63) is 95.5 Å². The van der Waals surface area contributed by atoms with E-state index < -0.39 is 11.8 Å². The maximum Gasteiger partial charge on any atom is 0.269 e. The Morgan fingerprint density at radius 1 is 0.812 bits per heavy atom. The van der Waals surface area contributed by atoms with E-state index in [0.29, 0.717) is 22.6 Å². The summed E-state index contributed by atoms with van der Waals surface area (Å²) >= 11 is 0. The summed E-state index contributed by atoms with van der Waals surface area (Å²) in [6.45, 7) is 6.34. The highest BCUT2D eigenvalue weighted by molar-refractivity contribution is 6.04. The van der Waals surface area contributed by atoms with Gasteiger partial charge in [0.25, 0.3) is 17.7 Å². The van der Waals surface area contributed by atoms with E-state index in [1.807, 2.05) is 12.1 Å². The summed E-state index contributed by atoms with van der Waals surface area (Å²) in [6.07, 6.45) is 4.22. The minimum Gasteiger partial charge on any atom is -0.465 e. The third-order valence-electron chi connectivity index (χ3n) is 4.66. The van der Waals surface area contributed by atoms with Crippen molar-refractivity contribution in [3.8, 4) is 0 Å². The quantitative estimate of drug-likeness (QED) is 0.414. The summed E-state index contributed by atoms with van der Waals surface area (Å²) in [5.74, 6) is -0.705. The van der Waals surface area contributed by atoms with Crippen LogP contribution < -0.4 is 16.2 Å². The molecule has 0 fully saturated rings. The molecule has 0 aliphatic heterocycles. The van der Waals surface area contributed by atoms with E-state index in [2.05, 4.69) is 36.9 Å². The Kier molecular flexibility index (Phi) is 6.90. The average Bonchev–Trinajstić information content (AvgIpc) is 3.30. The highest BCUT2D eigenvalue weighted by atomic mass is 16.3. The van der Waals surface area contributed by atoms with Gasteiger partial charge in [-0.1, -0.05) is 32.9 Å². The highest BCUT2D eigenvalue weighted by Crippen LogP contribution is 2.22. The SMILES string of the molecule is CC(C)(C)c1ccc(C(=O)Nc2ccc(C(=O)NNC(=O)/C=C/c3ccco3)cc2)cc1. The monoisotopic (exact) mass is 431 g/mol. The molecule has 0 aliphatic carbocycles. The van der Waals surface area contributed by atoms with Crippen molar-refractivity contribution in [1.29, 1.82) is 0 Å². The predicted molar refractivity (Wildman–Crippen MR) is 123 cm³/mol. The van der Waals surface area contributed by atoms with Gasteiger partial charge in [-0.05, 0) is 65.6 Å². The molecule has 3 N–H and O–H groups in total. The standard InChI is InChI=1S/C25H25N3O4/c1-25(2,3)19-10-6-17(7-11-19)23(30)26-20-12-8-18(9-13-20)24(31)28-27-22(29)15-14-21-5-4-16-32-21/h4-16H,1-3H3,(H,26,30)(H,27,29)(H,28,31)/b15-14+. The average molecular weight is 431 g/mol. The number of benzene rings is 2. The molecule has 3 rings (SSSR count). The molecule has 0 atom stereocenters. The number of hydrogen-bond acceptors (Lipinski definition) is 4. The van der Waals surface area contributed by atoms with Crippen molar-refractivity contribution in [2.75, 3.05) is 5.32 Å². The van der Waals surface area contributed by atoms with Crippen LogP contribution in [0.15, 0.2) is 77.4 Å². The molecular formula is C25H25N3O4. The third kappa shape index (κ3) is 6.18. The van der Waals surface area contributed by atoms with E-state index in [1.165, 1.54) is 18.4 Å². The Balaban J connectivity index is 1.52. The summed E-state index contributed by atoms with van der Waals surface area (Å²) in [4.78, 5) is 36.4. The van der Waals surface area contributed by atoms with E-state index in [1.54, 1.807) is 48.5 Å². The number of carbonyl (C=O) groups is 3. The molecule has 0 radical (unpaired) electrons. The zero-order chi connectivity index (χ0) is 23.1. The Morgan fingerprint density at radius 3 is 2.03 bits per heavy atom. The normalized spacial score (nSPS) is 11.2. The van der Waals surface area contributed by atoms with Crippen molar-refractivity contribution >= 4 is 29.5 Å². The molecule has 0 saturated heterocycles. The zero-order valence-electron chi connectivity index (χ0n) is 18.1. The lowest BCUT2D eigenvalue weighted by molar-refractivity contribution is -0.117. The van der Waals surface area contributed by atoms with Crippen LogP contribution in [-0.4, -0.2) is 17.7 Å². The lowest BCUT2D eigenvalue weighted by Gasteiger charge is -2.19. The van der Waals surface area contributed by atoms with Gasteiger partial charge in [0.1, 0.15) is 5.76 Å². The number of nitrogens with one attached hydrogen (secondary N) is 3. The van der Waals surface area contributed by atoms with Crippen molar-refractivity contribution in [2.45, 2.75) is 26.2 Å². The minimum absolute atomic E-state index is 0.0145. The van der Waals surface area contributed by atoms with Crippen LogP contribution in [0.5, 0.6) is 0 Å². The fraction of sp³-hybridized carbons (Fsp3) is 0.160. The first kappa shape index (κ1) is 22.6. The third-order valence-corrected chi connectivity index (χ3v) is 4.66. The molecule has 7 heteroatoms. The van der Waals surface area contributed by atoms with Crippen LogP contribution in [-0.2, 0) is 10.2 Å². The highest BCUT2D eigenvalue weighted by Gasteiger charge is 2.14. The first-order valence-electron chi connectivity index (χ1n) is 10.1. The maximum absolute atomic E-state index is 12.5. The number of hydrogen-bond donors (Lipinski definition) is 3. The first-order valence-corrected chi connectivity index (χ1v) is 10.1. The molecular weight excluding hydrogens is 406 g/mol. The number of hydrazine groups is 1. The molecule has 2 aromatic carbocycles. The number of furan rings is 1. The van der Waals surface area contributed by atoms with Crippen LogP contribution >= 0.6 is 0 Å². The number of amides is 3. The van der Waals surface area contributed by atoms with Crippen molar-refractivity contribution in [3.63, 3.8) is 0 Å². The molecule has 3 amide bonds. The van der Waals surface area contributed by atoms with E-state index >= 15 is 0 Å². The van der Waals surface area contributed by atoms with Gasteiger partial charge in [-0.25, -0.2) is 0 Å². The molecule has 1 heterocycles. The van der Waals surface area contributed by atoms with Gasteiger partial charge in [0.05, 0.1) is 6.26 Å². The van der Waals surface area contributed by atoms with Gasteiger partial charge in [0.15, 0.2) is 0 Å². The number of carbonyl (C=O) groups excluding carboxylic acids is 3. The van der Waals surface area contributed by atoms with Crippen molar-refractivity contribution in [1.82, 2.24) is 10.9 Å². The fourth-order valence-corrected chi connectivity index (χ4v) is 2.81. The van der Waals surface area contributed by atoms with E-state index in [0.717, 1.165) is 5.56 Å². The van der Waals surface area contributed by atoms with Crippen molar-refractivity contribution in [2.24, 2.45) is 0 Å². The molecule has 0 unspecified atom stereocenters. The lowest BCUT2D eigenvalue weighted by Crippen LogP contribution is -2.40. The van der Waals surface area contributed by atoms with Gasteiger partial charge in [-0.3, -0.25) is 25.2 Å². The van der Waals surface area contributed by atoms with Gasteiger partial charge < -0.3 is 9.73 Å². The van der Waals surface area contributed by atoms with Gasteiger partial charge in [0.2, 0.25) is 0 Å².